The van der Waals surface area contributed by atoms with Gasteiger partial charge in [0.2, 0.25) is 0 Å². The Morgan fingerprint density at radius 3 is 2.70 bits per heavy atom. The Balaban J connectivity index is 0.00000320. The monoisotopic (exact) mass is 529 g/mol. The third-order valence-electron chi connectivity index (χ3n) is 5.04. The third-order valence-corrected chi connectivity index (χ3v) is 5.04. The van der Waals surface area contributed by atoms with Crippen molar-refractivity contribution < 1.29 is 8.78 Å². The molecule has 0 atom stereocenters. The van der Waals surface area contributed by atoms with Gasteiger partial charge in [0.25, 0.3) is 0 Å². The molecule has 2 heterocycles. The maximum absolute atomic E-state index is 13.8. The van der Waals surface area contributed by atoms with E-state index in [0.717, 1.165) is 62.8 Å². The van der Waals surface area contributed by atoms with E-state index in [4.69, 9.17) is 0 Å². The normalized spacial score (nSPS) is 15.5. The van der Waals surface area contributed by atoms with Crippen molar-refractivity contribution in [1.82, 2.24) is 20.5 Å². The standard InChI is InChI=1S/C22H29F2N5.HI/c1-2-25-22(27-12-8-17-15-18(23)6-7-21(17)24)28-19-9-13-29(14-10-19)16-20-5-3-4-11-26-20;/h3-7,11,15,19H,2,8-10,12-14,16H2,1H3,(H2,25,27,28);1H. The van der Waals surface area contributed by atoms with Crippen molar-refractivity contribution in [1.29, 1.82) is 0 Å². The number of guanidine groups is 1. The van der Waals surface area contributed by atoms with Gasteiger partial charge in [-0.1, -0.05) is 6.07 Å². The van der Waals surface area contributed by atoms with Crippen LogP contribution in [0.25, 0.3) is 0 Å². The van der Waals surface area contributed by atoms with Crippen LogP contribution in [0.3, 0.4) is 0 Å². The molecule has 0 aliphatic carbocycles. The van der Waals surface area contributed by atoms with Crippen LogP contribution in [-0.2, 0) is 13.0 Å². The molecule has 0 bridgehead atoms. The molecule has 0 unspecified atom stereocenters. The van der Waals surface area contributed by atoms with Gasteiger partial charge >= 0.3 is 0 Å². The van der Waals surface area contributed by atoms with E-state index >= 15 is 0 Å². The van der Waals surface area contributed by atoms with Crippen LogP contribution in [0.15, 0.2) is 47.6 Å². The Kier molecular flexibility index (Phi) is 10.4. The van der Waals surface area contributed by atoms with Crippen molar-refractivity contribution in [2.24, 2.45) is 4.99 Å². The minimum Gasteiger partial charge on any atom is -0.357 e. The Morgan fingerprint density at radius 2 is 2.00 bits per heavy atom. The molecule has 1 saturated heterocycles. The molecule has 0 amide bonds. The first-order valence-corrected chi connectivity index (χ1v) is 10.2. The van der Waals surface area contributed by atoms with Crippen LogP contribution in [-0.4, -0.2) is 48.1 Å². The van der Waals surface area contributed by atoms with E-state index in [1.807, 2.05) is 25.3 Å². The Labute approximate surface area is 194 Å². The lowest BCUT2D eigenvalue weighted by molar-refractivity contribution is 0.196. The summed E-state index contributed by atoms with van der Waals surface area (Å²) in [5.41, 5.74) is 1.45. The van der Waals surface area contributed by atoms with Crippen LogP contribution in [0, 0.1) is 11.6 Å². The van der Waals surface area contributed by atoms with Gasteiger partial charge in [-0.2, -0.15) is 0 Å². The molecule has 2 N–H and O–H groups in total. The van der Waals surface area contributed by atoms with Crippen molar-refractivity contribution in [2.75, 3.05) is 26.2 Å². The number of benzene rings is 1. The highest BCUT2D eigenvalue weighted by atomic mass is 127. The van der Waals surface area contributed by atoms with Gasteiger partial charge in [-0.05, 0) is 62.1 Å². The van der Waals surface area contributed by atoms with Gasteiger partial charge in [0.15, 0.2) is 5.96 Å². The van der Waals surface area contributed by atoms with E-state index in [0.29, 0.717) is 24.6 Å². The molecule has 1 aromatic carbocycles. The van der Waals surface area contributed by atoms with Crippen molar-refractivity contribution in [3.63, 3.8) is 0 Å². The van der Waals surface area contributed by atoms with Crippen LogP contribution in [0.2, 0.25) is 0 Å². The van der Waals surface area contributed by atoms with Gasteiger partial charge in [0.1, 0.15) is 11.6 Å². The average molecular weight is 529 g/mol. The van der Waals surface area contributed by atoms with Gasteiger partial charge in [-0.25, -0.2) is 8.78 Å². The van der Waals surface area contributed by atoms with E-state index in [9.17, 15) is 8.78 Å². The number of halogens is 3. The second-order valence-electron chi connectivity index (χ2n) is 7.26. The number of rotatable bonds is 7. The fourth-order valence-corrected chi connectivity index (χ4v) is 3.49. The average Bonchev–Trinajstić information content (AvgIpc) is 2.73. The fraction of sp³-hybridized carbons (Fsp3) is 0.455. The molecule has 0 saturated carbocycles. The summed E-state index contributed by atoms with van der Waals surface area (Å²) >= 11 is 0. The van der Waals surface area contributed by atoms with Gasteiger partial charge in [0, 0.05) is 45.0 Å². The molecule has 30 heavy (non-hydrogen) atoms. The molecular weight excluding hydrogens is 499 g/mol. The number of pyridine rings is 1. The van der Waals surface area contributed by atoms with Crippen molar-refractivity contribution >= 4 is 29.9 Å². The topological polar surface area (TPSA) is 52.6 Å². The summed E-state index contributed by atoms with van der Waals surface area (Å²) in [5, 5.41) is 6.72. The third kappa shape index (κ3) is 7.79. The highest BCUT2D eigenvalue weighted by Crippen LogP contribution is 2.13. The zero-order valence-electron chi connectivity index (χ0n) is 17.3. The van der Waals surface area contributed by atoms with E-state index in [-0.39, 0.29) is 29.8 Å². The summed E-state index contributed by atoms with van der Waals surface area (Å²) in [6.07, 6.45) is 4.24. The molecule has 1 aliphatic rings. The van der Waals surface area contributed by atoms with E-state index in [1.165, 1.54) is 6.07 Å². The summed E-state index contributed by atoms with van der Waals surface area (Å²) in [6, 6.07) is 9.89. The molecule has 1 aliphatic heterocycles. The Hall–Kier alpha value is -1.81. The summed E-state index contributed by atoms with van der Waals surface area (Å²) in [4.78, 5) is 11.4. The number of aliphatic imine (C=N–C) groups is 1. The number of nitrogens with zero attached hydrogens (tertiary/aromatic N) is 3. The summed E-state index contributed by atoms with van der Waals surface area (Å²) in [7, 11) is 0. The van der Waals surface area contributed by atoms with Gasteiger partial charge in [-0.15, -0.1) is 24.0 Å². The van der Waals surface area contributed by atoms with Crippen molar-refractivity contribution in [2.45, 2.75) is 38.8 Å². The first-order valence-electron chi connectivity index (χ1n) is 10.2. The second-order valence-corrected chi connectivity index (χ2v) is 7.26. The zero-order chi connectivity index (χ0) is 20.5. The van der Waals surface area contributed by atoms with Crippen LogP contribution in [0.5, 0.6) is 0 Å². The lowest BCUT2D eigenvalue weighted by atomic mass is 10.0. The maximum Gasteiger partial charge on any atom is 0.191 e. The highest BCUT2D eigenvalue weighted by Gasteiger charge is 2.20. The van der Waals surface area contributed by atoms with E-state index < -0.39 is 5.82 Å². The van der Waals surface area contributed by atoms with Gasteiger partial charge in [0.05, 0.1) is 5.69 Å². The predicted octanol–water partition coefficient (Wildman–Crippen LogP) is 3.74. The summed E-state index contributed by atoms with van der Waals surface area (Å²) < 4.78 is 27.0. The molecule has 0 spiro atoms. The molecule has 0 radical (unpaired) electrons. The zero-order valence-corrected chi connectivity index (χ0v) is 19.6. The van der Waals surface area contributed by atoms with Crippen LogP contribution >= 0.6 is 24.0 Å². The lowest BCUT2D eigenvalue weighted by Gasteiger charge is -2.32. The minimum atomic E-state index is -0.423. The molecule has 164 valence electrons. The smallest absolute Gasteiger partial charge is 0.191 e. The molecule has 3 rings (SSSR count). The fourth-order valence-electron chi connectivity index (χ4n) is 3.49. The Morgan fingerprint density at radius 1 is 1.20 bits per heavy atom. The molecular formula is C22H30F2IN5. The predicted molar refractivity (Wildman–Crippen MR) is 127 cm³/mol. The summed E-state index contributed by atoms with van der Waals surface area (Å²) in [5.74, 6) is -0.0831. The summed E-state index contributed by atoms with van der Waals surface area (Å²) in [6.45, 7) is 6.04. The van der Waals surface area contributed by atoms with Crippen LogP contribution in [0.4, 0.5) is 8.78 Å². The minimum absolute atomic E-state index is 0. The quantitative estimate of drug-likeness (QED) is 0.326. The highest BCUT2D eigenvalue weighted by molar-refractivity contribution is 14.0. The molecule has 8 heteroatoms. The molecule has 2 aromatic rings. The SMILES string of the molecule is CCNC(=NCCc1cc(F)ccc1F)NC1CCN(Cc2ccccn2)CC1.I. The molecule has 1 fully saturated rings. The van der Waals surface area contributed by atoms with Gasteiger partial charge in [-0.3, -0.25) is 14.9 Å². The second kappa shape index (κ2) is 12.8. The van der Waals surface area contributed by atoms with Crippen molar-refractivity contribution in [3.05, 3.63) is 65.5 Å². The largest absolute Gasteiger partial charge is 0.357 e. The van der Waals surface area contributed by atoms with Gasteiger partial charge < -0.3 is 10.6 Å². The van der Waals surface area contributed by atoms with E-state index in [1.54, 1.807) is 0 Å². The first kappa shape index (κ1) is 24.5. The number of hydrogen-bond acceptors (Lipinski definition) is 3. The van der Waals surface area contributed by atoms with Crippen LogP contribution < -0.4 is 10.6 Å². The number of likely N-dealkylation sites (tertiary alicyclic amines) is 1. The Bertz CT molecular complexity index is 795. The first-order chi connectivity index (χ1) is 14.1. The number of piperidine rings is 1. The van der Waals surface area contributed by atoms with Crippen LogP contribution in [0.1, 0.15) is 31.0 Å². The number of nitrogens with one attached hydrogen (secondary N) is 2. The molecule has 5 nitrogen and oxygen atoms in total. The van der Waals surface area contributed by atoms with E-state index in [2.05, 4.69) is 31.6 Å². The lowest BCUT2D eigenvalue weighted by Crippen LogP contribution is -2.48. The number of aromatic nitrogens is 1. The number of hydrogen-bond donors (Lipinski definition) is 2. The van der Waals surface area contributed by atoms with Crippen molar-refractivity contribution in [3.8, 4) is 0 Å². The molecule has 1 aromatic heterocycles. The maximum atomic E-state index is 13.8.